The molecule has 1 aliphatic carbocycles. The van der Waals surface area contributed by atoms with Gasteiger partial charge in [0.25, 0.3) is 0 Å². The highest BCUT2D eigenvalue weighted by molar-refractivity contribution is 6.77. The number of esters is 1. The largest absolute Gasteiger partial charge is 0.463 e. The van der Waals surface area contributed by atoms with Gasteiger partial charge in [-0.2, -0.15) is 0 Å². The first-order valence-corrected chi connectivity index (χ1v) is 14.2. The fourth-order valence-electron chi connectivity index (χ4n) is 3.86. The number of carbonyl (C=O) groups excluding carboxylic acids is 1. The topological polar surface area (TPSA) is 35.5 Å². The van der Waals surface area contributed by atoms with E-state index in [1.165, 1.54) is 5.56 Å². The lowest BCUT2D eigenvalue weighted by Gasteiger charge is -2.33. The Labute approximate surface area is 171 Å². The minimum absolute atomic E-state index is 0.143. The highest BCUT2D eigenvalue weighted by Crippen LogP contribution is 2.35. The highest BCUT2D eigenvalue weighted by Gasteiger charge is 2.30. The molecule has 0 bridgehead atoms. The van der Waals surface area contributed by atoms with Crippen molar-refractivity contribution < 1.29 is 14.3 Å². The van der Waals surface area contributed by atoms with Crippen LogP contribution in [0.2, 0.25) is 25.7 Å². The number of benzene rings is 1. The number of rotatable bonds is 9. The van der Waals surface area contributed by atoms with Gasteiger partial charge in [-0.3, -0.25) is 0 Å². The fourth-order valence-corrected chi connectivity index (χ4v) is 5.26. The van der Waals surface area contributed by atoms with Crippen LogP contribution < -0.4 is 0 Å². The van der Waals surface area contributed by atoms with Crippen LogP contribution in [-0.4, -0.2) is 26.8 Å². The molecular formula is C24H36O3Si. The molecule has 1 saturated carbocycles. The van der Waals surface area contributed by atoms with E-state index in [1.807, 2.05) is 31.2 Å². The van der Waals surface area contributed by atoms with Crippen LogP contribution in [0.4, 0.5) is 0 Å². The van der Waals surface area contributed by atoms with Crippen LogP contribution in [0, 0.1) is 11.8 Å². The molecule has 3 atom stereocenters. The Hall–Kier alpha value is -1.65. The van der Waals surface area contributed by atoms with E-state index in [2.05, 4.69) is 44.4 Å². The molecule has 0 N–H and O–H groups in total. The monoisotopic (exact) mass is 400 g/mol. The number of allylic oxidation sites excluding steroid dienone is 2. The van der Waals surface area contributed by atoms with Gasteiger partial charge in [-0.15, -0.1) is 6.58 Å². The summed E-state index contributed by atoms with van der Waals surface area (Å²) in [5.74, 6) is 0.528. The third-order valence-corrected chi connectivity index (χ3v) is 6.65. The molecule has 0 aliphatic heterocycles. The lowest BCUT2D eigenvalue weighted by molar-refractivity contribution is -0.138. The molecule has 0 saturated heterocycles. The Bertz CT molecular complexity index is 660. The van der Waals surface area contributed by atoms with E-state index in [-0.39, 0.29) is 12.1 Å². The molecule has 1 fully saturated rings. The molecule has 1 aromatic carbocycles. The Morgan fingerprint density at radius 1 is 1.18 bits per heavy atom. The Morgan fingerprint density at radius 2 is 1.89 bits per heavy atom. The van der Waals surface area contributed by atoms with Crippen molar-refractivity contribution in [3.63, 3.8) is 0 Å². The van der Waals surface area contributed by atoms with E-state index in [9.17, 15) is 4.79 Å². The quantitative estimate of drug-likeness (QED) is 0.221. The SMILES string of the molecule is C=C[C@@H]1C[C@@H](OCc2ccccc2)CC[C@@H]1/C=C(/C[Si](C)(C)C)C(=O)OCC. The van der Waals surface area contributed by atoms with E-state index in [0.717, 1.165) is 30.9 Å². The van der Waals surface area contributed by atoms with Crippen LogP contribution in [-0.2, 0) is 20.9 Å². The van der Waals surface area contributed by atoms with Crippen molar-refractivity contribution in [3.05, 3.63) is 60.2 Å². The van der Waals surface area contributed by atoms with Gasteiger partial charge in [-0.25, -0.2) is 4.79 Å². The summed E-state index contributed by atoms with van der Waals surface area (Å²) in [6, 6.07) is 11.2. The number of hydrogen-bond donors (Lipinski definition) is 0. The normalized spacial score (nSPS) is 23.3. The van der Waals surface area contributed by atoms with Gasteiger partial charge >= 0.3 is 5.97 Å². The van der Waals surface area contributed by atoms with Gasteiger partial charge in [-0.05, 0) is 49.6 Å². The first kappa shape index (κ1) is 22.6. The van der Waals surface area contributed by atoms with Crippen molar-refractivity contribution in [1.29, 1.82) is 0 Å². The smallest absolute Gasteiger partial charge is 0.333 e. The molecule has 4 heteroatoms. The molecule has 0 aromatic heterocycles. The summed E-state index contributed by atoms with van der Waals surface area (Å²) in [6.45, 7) is 13.9. The maximum absolute atomic E-state index is 12.5. The summed E-state index contributed by atoms with van der Waals surface area (Å²) in [5, 5.41) is 0. The zero-order valence-electron chi connectivity index (χ0n) is 17.9. The predicted octanol–water partition coefficient (Wildman–Crippen LogP) is 6.00. The summed E-state index contributed by atoms with van der Waals surface area (Å²) in [4.78, 5) is 12.5. The first-order chi connectivity index (χ1) is 13.3. The summed E-state index contributed by atoms with van der Waals surface area (Å²) in [7, 11) is -1.41. The van der Waals surface area contributed by atoms with Crippen LogP contribution in [0.3, 0.4) is 0 Å². The summed E-state index contributed by atoms with van der Waals surface area (Å²) in [6.07, 6.45) is 7.47. The van der Waals surface area contributed by atoms with Gasteiger partial charge < -0.3 is 9.47 Å². The molecule has 0 spiro atoms. The van der Waals surface area contributed by atoms with Gasteiger partial charge in [0, 0.05) is 13.6 Å². The molecule has 28 heavy (non-hydrogen) atoms. The minimum Gasteiger partial charge on any atom is -0.463 e. The molecule has 154 valence electrons. The highest BCUT2D eigenvalue weighted by atomic mass is 28.3. The molecule has 1 aliphatic rings. The van der Waals surface area contributed by atoms with Crippen molar-refractivity contribution in [2.24, 2.45) is 11.8 Å². The molecular weight excluding hydrogens is 364 g/mol. The Morgan fingerprint density at radius 3 is 2.50 bits per heavy atom. The molecule has 1 aromatic rings. The van der Waals surface area contributed by atoms with E-state index >= 15 is 0 Å². The van der Waals surface area contributed by atoms with Crippen LogP contribution in [0.1, 0.15) is 31.7 Å². The zero-order valence-corrected chi connectivity index (χ0v) is 18.9. The average molecular weight is 401 g/mol. The van der Waals surface area contributed by atoms with E-state index in [1.54, 1.807) is 0 Å². The van der Waals surface area contributed by atoms with Crippen LogP contribution in [0.25, 0.3) is 0 Å². The van der Waals surface area contributed by atoms with Crippen molar-refractivity contribution in [1.82, 2.24) is 0 Å². The van der Waals surface area contributed by atoms with Gasteiger partial charge in [0.1, 0.15) is 0 Å². The Balaban J connectivity index is 2.03. The second-order valence-electron chi connectivity index (χ2n) is 8.94. The van der Waals surface area contributed by atoms with Gasteiger partial charge in [0.05, 0.1) is 19.3 Å². The van der Waals surface area contributed by atoms with Crippen LogP contribution >= 0.6 is 0 Å². The lowest BCUT2D eigenvalue weighted by Crippen LogP contribution is -2.29. The summed E-state index contributed by atoms with van der Waals surface area (Å²) >= 11 is 0. The predicted molar refractivity (Wildman–Crippen MR) is 119 cm³/mol. The van der Waals surface area contributed by atoms with Crippen LogP contribution in [0.15, 0.2) is 54.6 Å². The average Bonchev–Trinajstić information content (AvgIpc) is 2.66. The van der Waals surface area contributed by atoms with Gasteiger partial charge in [0.15, 0.2) is 0 Å². The number of hydrogen-bond acceptors (Lipinski definition) is 3. The molecule has 0 radical (unpaired) electrons. The standard InChI is InChI=1S/C24H36O3Si/c1-6-20-16-23(27-17-19-11-9-8-10-12-19)14-13-21(20)15-22(18-28(3,4)5)24(25)26-7-2/h6,8-12,15,20-21,23H,1,7,13-14,16-18H2,2-5H3/b22-15-/t20-,21-,23+/m1/s1. The van der Waals surface area contributed by atoms with Gasteiger partial charge in [0.2, 0.25) is 0 Å². The van der Waals surface area contributed by atoms with Crippen molar-refractivity contribution in [2.45, 2.75) is 64.6 Å². The van der Waals surface area contributed by atoms with E-state index < -0.39 is 8.07 Å². The third kappa shape index (κ3) is 7.40. The number of carbonyl (C=O) groups is 1. The molecule has 0 heterocycles. The minimum atomic E-state index is -1.41. The van der Waals surface area contributed by atoms with E-state index in [4.69, 9.17) is 9.47 Å². The van der Waals surface area contributed by atoms with Crippen molar-refractivity contribution in [3.8, 4) is 0 Å². The van der Waals surface area contributed by atoms with Crippen molar-refractivity contribution >= 4 is 14.0 Å². The second-order valence-corrected chi connectivity index (χ2v) is 14.4. The lowest BCUT2D eigenvalue weighted by atomic mass is 9.77. The second kappa shape index (κ2) is 10.8. The van der Waals surface area contributed by atoms with Gasteiger partial charge in [-0.1, -0.05) is 62.1 Å². The van der Waals surface area contributed by atoms with Crippen molar-refractivity contribution in [2.75, 3.05) is 6.61 Å². The first-order valence-electron chi connectivity index (χ1n) is 10.5. The zero-order chi connectivity index (χ0) is 20.6. The maximum atomic E-state index is 12.5. The summed E-state index contributed by atoms with van der Waals surface area (Å²) < 4.78 is 11.5. The third-order valence-electron chi connectivity index (χ3n) is 5.21. The number of ether oxygens (including phenoxy) is 2. The Kier molecular flexibility index (Phi) is 8.71. The molecule has 0 amide bonds. The van der Waals surface area contributed by atoms with E-state index in [0.29, 0.717) is 25.0 Å². The molecule has 3 nitrogen and oxygen atoms in total. The molecule has 0 unspecified atom stereocenters. The molecule has 2 rings (SSSR count). The summed E-state index contributed by atoms with van der Waals surface area (Å²) in [5.41, 5.74) is 2.07. The maximum Gasteiger partial charge on any atom is 0.333 e. The fraction of sp³-hybridized carbons (Fsp3) is 0.542. The van der Waals surface area contributed by atoms with Crippen LogP contribution in [0.5, 0.6) is 0 Å².